The zero-order chi connectivity index (χ0) is 16.0. The molecule has 116 valence electrons. The molecule has 1 unspecified atom stereocenters. The molecule has 1 heterocycles. The fourth-order valence-electron chi connectivity index (χ4n) is 3.21. The van der Waals surface area contributed by atoms with Crippen molar-refractivity contribution in [3.05, 3.63) is 63.7 Å². The second kappa shape index (κ2) is 5.39. The van der Waals surface area contributed by atoms with Crippen molar-refractivity contribution in [1.82, 2.24) is 0 Å². The lowest BCUT2D eigenvalue weighted by atomic mass is 10.0. The summed E-state index contributed by atoms with van der Waals surface area (Å²) in [4.78, 5) is 0. The van der Waals surface area contributed by atoms with E-state index in [1.807, 2.05) is 36.4 Å². The van der Waals surface area contributed by atoms with Gasteiger partial charge in [0, 0.05) is 10.6 Å². The van der Waals surface area contributed by atoms with Crippen LogP contribution in [0.3, 0.4) is 0 Å². The average Bonchev–Trinajstić information content (AvgIpc) is 3.13. The third-order valence-corrected chi connectivity index (χ3v) is 4.60. The van der Waals surface area contributed by atoms with E-state index in [9.17, 15) is 0 Å². The molecule has 0 radical (unpaired) electrons. The number of fused-ring (bicyclic) bond motifs is 3. The van der Waals surface area contributed by atoms with Crippen LogP contribution in [0.1, 0.15) is 22.7 Å². The number of methoxy groups -OCH3 is 2. The van der Waals surface area contributed by atoms with E-state index in [2.05, 4.69) is 10.2 Å². The molecule has 0 fully saturated rings. The first-order valence-corrected chi connectivity index (χ1v) is 7.73. The monoisotopic (exact) mass is 326 g/mol. The van der Waals surface area contributed by atoms with E-state index in [4.69, 9.17) is 21.1 Å². The smallest absolute Gasteiger partial charge is 0.161 e. The van der Waals surface area contributed by atoms with Crippen LogP contribution in [0.15, 0.2) is 52.2 Å². The number of azo groups is 1. The minimum atomic E-state index is -0.0181. The first kappa shape index (κ1) is 14.3. The highest BCUT2D eigenvalue weighted by Crippen LogP contribution is 2.49. The average molecular weight is 327 g/mol. The molecule has 23 heavy (non-hydrogen) atoms. The Morgan fingerprint density at radius 3 is 2.43 bits per heavy atom. The Kier molecular flexibility index (Phi) is 3.34. The van der Waals surface area contributed by atoms with Gasteiger partial charge < -0.3 is 9.47 Å². The summed E-state index contributed by atoms with van der Waals surface area (Å²) >= 11 is 5.97. The van der Waals surface area contributed by atoms with E-state index in [0.717, 1.165) is 39.8 Å². The van der Waals surface area contributed by atoms with Gasteiger partial charge in [-0.3, -0.25) is 0 Å². The van der Waals surface area contributed by atoms with Crippen molar-refractivity contribution in [2.45, 2.75) is 12.5 Å². The summed E-state index contributed by atoms with van der Waals surface area (Å²) in [6, 6.07) is 11.7. The van der Waals surface area contributed by atoms with Crippen molar-refractivity contribution >= 4 is 17.3 Å². The van der Waals surface area contributed by atoms with Crippen LogP contribution in [0, 0.1) is 0 Å². The summed E-state index contributed by atoms with van der Waals surface area (Å²) in [6.45, 7) is 0. The summed E-state index contributed by atoms with van der Waals surface area (Å²) in [5, 5.41) is 9.60. The van der Waals surface area contributed by atoms with Crippen molar-refractivity contribution < 1.29 is 9.47 Å². The van der Waals surface area contributed by atoms with Crippen LogP contribution < -0.4 is 9.47 Å². The topological polar surface area (TPSA) is 43.2 Å². The molecular formula is C18H15ClN2O2. The first-order valence-electron chi connectivity index (χ1n) is 7.36. The van der Waals surface area contributed by atoms with Crippen LogP contribution >= 0.6 is 11.6 Å². The van der Waals surface area contributed by atoms with Gasteiger partial charge in [-0.25, -0.2) is 0 Å². The summed E-state index contributed by atoms with van der Waals surface area (Å²) in [6.07, 6.45) is 0.825. The molecule has 0 aromatic heterocycles. The highest BCUT2D eigenvalue weighted by molar-refractivity contribution is 6.30. The summed E-state index contributed by atoms with van der Waals surface area (Å²) < 4.78 is 10.8. The molecule has 0 bridgehead atoms. The van der Waals surface area contributed by atoms with Crippen LogP contribution in [0.5, 0.6) is 11.5 Å². The molecule has 1 atom stereocenters. The maximum atomic E-state index is 5.97. The predicted molar refractivity (Wildman–Crippen MR) is 89.2 cm³/mol. The van der Waals surface area contributed by atoms with Crippen LogP contribution in [-0.2, 0) is 6.42 Å². The van der Waals surface area contributed by atoms with Crippen LogP contribution in [0.2, 0.25) is 5.02 Å². The molecule has 0 N–H and O–H groups in total. The minimum absolute atomic E-state index is 0.0181. The molecule has 2 aromatic carbocycles. The van der Waals surface area contributed by atoms with Gasteiger partial charge in [-0.1, -0.05) is 23.7 Å². The van der Waals surface area contributed by atoms with Gasteiger partial charge in [0.2, 0.25) is 0 Å². The van der Waals surface area contributed by atoms with E-state index < -0.39 is 0 Å². The zero-order valence-corrected chi connectivity index (χ0v) is 13.6. The lowest BCUT2D eigenvalue weighted by Crippen LogP contribution is -1.94. The fraction of sp³-hybridized carbons (Fsp3) is 0.222. The van der Waals surface area contributed by atoms with E-state index >= 15 is 0 Å². The van der Waals surface area contributed by atoms with Crippen molar-refractivity contribution in [2.24, 2.45) is 10.2 Å². The van der Waals surface area contributed by atoms with Gasteiger partial charge in [0.05, 0.1) is 19.9 Å². The van der Waals surface area contributed by atoms with Crippen LogP contribution in [0.25, 0.3) is 5.70 Å². The van der Waals surface area contributed by atoms with E-state index in [0.29, 0.717) is 0 Å². The Bertz CT molecular complexity index is 841. The molecule has 2 aliphatic rings. The third-order valence-electron chi connectivity index (χ3n) is 4.35. The van der Waals surface area contributed by atoms with Gasteiger partial charge in [-0.2, -0.15) is 10.2 Å². The highest BCUT2D eigenvalue weighted by Gasteiger charge is 2.35. The van der Waals surface area contributed by atoms with Gasteiger partial charge in [-0.05, 0) is 47.4 Å². The normalized spacial score (nSPS) is 18.1. The van der Waals surface area contributed by atoms with Crippen molar-refractivity contribution in [1.29, 1.82) is 0 Å². The molecule has 5 heteroatoms. The van der Waals surface area contributed by atoms with Gasteiger partial charge in [0.25, 0.3) is 0 Å². The lowest BCUT2D eigenvalue weighted by molar-refractivity contribution is 0.354. The molecule has 0 spiro atoms. The van der Waals surface area contributed by atoms with Crippen LogP contribution in [0.4, 0.5) is 0 Å². The second-order valence-electron chi connectivity index (χ2n) is 5.58. The summed E-state index contributed by atoms with van der Waals surface area (Å²) in [5.41, 5.74) is 5.57. The zero-order valence-electron chi connectivity index (χ0n) is 12.8. The predicted octanol–water partition coefficient (Wildman–Crippen LogP) is 4.83. The number of hydrogen-bond acceptors (Lipinski definition) is 4. The molecule has 1 aliphatic carbocycles. The molecular weight excluding hydrogens is 312 g/mol. The Morgan fingerprint density at radius 1 is 1.04 bits per heavy atom. The maximum Gasteiger partial charge on any atom is 0.161 e. The highest BCUT2D eigenvalue weighted by atomic mass is 35.5. The number of rotatable bonds is 3. The van der Waals surface area contributed by atoms with Crippen molar-refractivity contribution in [3.63, 3.8) is 0 Å². The summed E-state index contributed by atoms with van der Waals surface area (Å²) in [5.74, 6) is 1.47. The Labute approximate surface area is 139 Å². The SMILES string of the molecule is COc1cc2c(cc1OC)C1N=NC(c3ccc(Cl)cc3)=C1C2. The molecule has 0 amide bonds. The number of nitrogens with zero attached hydrogens (tertiary/aromatic N) is 2. The molecule has 1 aliphatic heterocycles. The number of halogens is 1. The van der Waals surface area contributed by atoms with E-state index in [1.165, 1.54) is 11.1 Å². The van der Waals surface area contributed by atoms with Crippen molar-refractivity contribution in [3.8, 4) is 11.5 Å². The minimum Gasteiger partial charge on any atom is -0.493 e. The van der Waals surface area contributed by atoms with Gasteiger partial charge in [0.15, 0.2) is 11.5 Å². The number of hydrogen-bond donors (Lipinski definition) is 0. The molecule has 4 rings (SSSR count). The maximum absolute atomic E-state index is 5.97. The van der Waals surface area contributed by atoms with Gasteiger partial charge in [0.1, 0.15) is 6.04 Å². The Balaban J connectivity index is 1.79. The number of benzene rings is 2. The second-order valence-corrected chi connectivity index (χ2v) is 6.02. The van der Waals surface area contributed by atoms with E-state index in [-0.39, 0.29) is 6.04 Å². The van der Waals surface area contributed by atoms with Crippen LogP contribution in [-0.4, -0.2) is 14.2 Å². The van der Waals surface area contributed by atoms with E-state index in [1.54, 1.807) is 14.2 Å². The quantitative estimate of drug-likeness (QED) is 0.810. The first-order chi connectivity index (χ1) is 11.2. The van der Waals surface area contributed by atoms with Crippen molar-refractivity contribution in [2.75, 3.05) is 14.2 Å². The number of ether oxygens (including phenoxy) is 2. The molecule has 0 saturated carbocycles. The Hall–Kier alpha value is -2.33. The largest absolute Gasteiger partial charge is 0.493 e. The molecule has 4 nitrogen and oxygen atoms in total. The third kappa shape index (κ3) is 2.21. The van der Waals surface area contributed by atoms with Gasteiger partial charge >= 0.3 is 0 Å². The van der Waals surface area contributed by atoms with Gasteiger partial charge in [-0.15, -0.1) is 0 Å². The standard InChI is InChI=1S/C18H15ClN2O2/c1-22-15-8-11-7-14-17(10-3-5-12(19)6-4-10)20-21-18(14)13(11)9-16(15)23-2/h3-6,8-9,18H,7H2,1-2H3. The summed E-state index contributed by atoms with van der Waals surface area (Å²) in [7, 11) is 3.30. The molecule has 0 saturated heterocycles. The fourth-order valence-corrected chi connectivity index (χ4v) is 3.34. The Morgan fingerprint density at radius 2 is 1.74 bits per heavy atom. The molecule has 2 aromatic rings. The lowest BCUT2D eigenvalue weighted by Gasteiger charge is -2.10.